The van der Waals surface area contributed by atoms with E-state index in [1.165, 1.54) is 59.6 Å². The third-order valence-corrected chi connectivity index (χ3v) is 9.41. The van der Waals surface area contributed by atoms with Gasteiger partial charge in [0, 0.05) is 38.7 Å². The van der Waals surface area contributed by atoms with E-state index in [0.717, 1.165) is 38.4 Å². The number of nitrogens with zero attached hydrogens (tertiary/aromatic N) is 2. The van der Waals surface area contributed by atoms with Crippen LogP contribution >= 0.6 is 0 Å². The molecule has 0 saturated carbocycles. The Labute approximate surface area is 253 Å². The average molecular weight is 557 g/mol. The molecule has 44 heavy (non-hydrogen) atoms. The summed E-state index contributed by atoms with van der Waals surface area (Å²) >= 11 is 0. The fourth-order valence-corrected chi connectivity index (χ4v) is 7.41. The molecular formula is C42H24N2. The Morgan fingerprint density at radius 2 is 1.00 bits per heavy atom. The molecule has 0 radical (unpaired) electrons. The fraction of sp³-hybridized carbons (Fsp3) is 0. The monoisotopic (exact) mass is 556 g/mol. The number of benzene rings is 8. The topological polar surface area (TPSA) is 25.8 Å². The van der Waals surface area contributed by atoms with Crippen molar-refractivity contribution in [1.82, 2.24) is 9.97 Å². The van der Waals surface area contributed by atoms with Crippen LogP contribution in [0.25, 0.3) is 98.1 Å². The lowest BCUT2D eigenvalue weighted by molar-refractivity contribution is 1.42. The maximum absolute atomic E-state index is 5.25. The lowest BCUT2D eigenvalue weighted by atomic mass is 9.89. The Morgan fingerprint density at radius 1 is 0.364 bits per heavy atom. The lowest BCUT2D eigenvalue weighted by Crippen LogP contribution is -1.92. The zero-order chi connectivity index (χ0) is 28.8. The number of fused-ring (bicyclic) bond motifs is 7. The molecule has 0 atom stereocenters. The van der Waals surface area contributed by atoms with Gasteiger partial charge in [0.05, 0.1) is 16.7 Å². The molecule has 2 heteroatoms. The quantitative estimate of drug-likeness (QED) is 0.198. The molecular weight excluding hydrogens is 532 g/mol. The second-order valence-corrected chi connectivity index (χ2v) is 11.8. The Bertz CT molecular complexity index is 2740. The van der Waals surface area contributed by atoms with Crippen molar-refractivity contribution in [2.24, 2.45) is 0 Å². The highest BCUT2D eigenvalue weighted by atomic mass is 14.7. The lowest BCUT2D eigenvalue weighted by Gasteiger charge is -2.15. The second kappa shape index (κ2) is 8.82. The van der Waals surface area contributed by atoms with Crippen molar-refractivity contribution in [2.75, 3.05) is 0 Å². The number of rotatable bonds is 2. The minimum Gasteiger partial charge on any atom is -0.256 e. The molecule has 0 spiro atoms. The van der Waals surface area contributed by atoms with Crippen molar-refractivity contribution < 1.29 is 0 Å². The molecule has 10 rings (SSSR count). The van der Waals surface area contributed by atoms with E-state index in [2.05, 4.69) is 133 Å². The maximum Gasteiger partial charge on any atom is 0.0788 e. The molecule has 0 aliphatic heterocycles. The van der Waals surface area contributed by atoms with E-state index in [1.807, 2.05) is 12.3 Å². The molecule has 2 heterocycles. The maximum atomic E-state index is 5.25. The van der Waals surface area contributed by atoms with Crippen molar-refractivity contribution in [3.63, 3.8) is 0 Å². The van der Waals surface area contributed by atoms with Gasteiger partial charge in [0.25, 0.3) is 0 Å². The first kappa shape index (κ1) is 23.7. The van der Waals surface area contributed by atoms with Gasteiger partial charge in [0.15, 0.2) is 0 Å². The van der Waals surface area contributed by atoms with Crippen LogP contribution in [-0.4, -0.2) is 9.97 Å². The number of pyridine rings is 2. The molecule has 2 aromatic heterocycles. The molecule has 202 valence electrons. The van der Waals surface area contributed by atoms with Gasteiger partial charge in [-0.2, -0.15) is 0 Å². The van der Waals surface area contributed by atoms with E-state index < -0.39 is 0 Å². The predicted molar refractivity (Wildman–Crippen MR) is 187 cm³/mol. The summed E-state index contributed by atoms with van der Waals surface area (Å²) < 4.78 is 0. The van der Waals surface area contributed by atoms with E-state index in [9.17, 15) is 0 Å². The SMILES string of the molecule is c1cnc2c(c1)ccc1ccc3c(-c4ccc(-c5ccc6ccc7cccc8ccc5c6c78)cc4)nc4ccccc4c3c12. The van der Waals surface area contributed by atoms with Crippen LogP contribution in [0.2, 0.25) is 0 Å². The van der Waals surface area contributed by atoms with Gasteiger partial charge in [-0.15, -0.1) is 0 Å². The van der Waals surface area contributed by atoms with E-state index in [4.69, 9.17) is 9.97 Å². The van der Waals surface area contributed by atoms with Crippen molar-refractivity contribution in [3.05, 3.63) is 146 Å². The number of hydrogen-bond donors (Lipinski definition) is 0. The van der Waals surface area contributed by atoms with Crippen molar-refractivity contribution in [3.8, 4) is 22.4 Å². The molecule has 10 aromatic rings. The van der Waals surface area contributed by atoms with Crippen LogP contribution in [0.1, 0.15) is 0 Å². The Kier molecular flexibility index (Phi) is 4.75. The minimum atomic E-state index is 0.992. The van der Waals surface area contributed by atoms with Gasteiger partial charge in [-0.1, -0.05) is 127 Å². The van der Waals surface area contributed by atoms with E-state index in [0.29, 0.717) is 0 Å². The third kappa shape index (κ3) is 3.25. The first-order valence-corrected chi connectivity index (χ1v) is 15.1. The van der Waals surface area contributed by atoms with Crippen LogP contribution in [0, 0.1) is 0 Å². The average Bonchev–Trinajstić information content (AvgIpc) is 3.10. The molecule has 0 aliphatic carbocycles. The van der Waals surface area contributed by atoms with Crippen LogP contribution < -0.4 is 0 Å². The van der Waals surface area contributed by atoms with Gasteiger partial charge in [-0.25, -0.2) is 4.98 Å². The summed E-state index contributed by atoms with van der Waals surface area (Å²) in [7, 11) is 0. The van der Waals surface area contributed by atoms with Gasteiger partial charge >= 0.3 is 0 Å². The molecule has 2 nitrogen and oxygen atoms in total. The molecule has 0 aliphatic rings. The van der Waals surface area contributed by atoms with Crippen LogP contribution in [0.5, 0.6) is 0 Å². The van der Waals surface area contributed by atoms with Crippen LogP contribution in [0.3, 0.4) is 0 Å². The minimum absolute atomic E-state index is 0.992. The third-order valence-electron chi connectivity index (χ3n) is 9.41. The highest BCUT2D eigenvalue weighted by molar-refractivity contribution is 6.28. The van der Waals surface area contributed by atoms with Crippen molar-refractivity contribution >= 4 is 75.7 Å². The van der Waals surface area contributed by atoms with E-state index >= 15 is 0 Å². The highest BCUT2D eigenvalue weighted by Gasteiger charge is 2.16. The van der Waals surface area contributed by atoms with Gasteiger partial charge in [0.2, 0.25) is 0 Å². The summed E-state index contributed by atoms with van der Waals surface area (Å²) in [5, 5.41) is 14.9. The molecule has 0 bridgehead atoms. The largest absolute Gasteiger partial charge is 0.256 e. The standard InChI is InChI=1S/C42H24N2/c1-2-9-36-34(8-1)40-35(23-20-29-14-17-30-7-4-24-43-42(30)39(29)40)41(44-36)31-15-10-25(11-16-31)32-21-18-28-13-12-26-5-3-6-27-19-22-33(32)38(28)37(26)27/h1-24H. The normalized spacial score (nSPS) is 12.1. The summed E-state index contributed by atoms with van der Waals surface area (Å²) in [5.41, 5.74) is 6.58. The van der Waals surface area contributed by atoms with Crippen molar-refractivity contribution in [1.29, 1.82) is 0 Å². The summed E-state index contributed by atoms with van der Waals surface area (Å²) in [6, 6.07) is 50.6. The first-order chi connectivity index (χ1) is 21.8. The Balaban J connectivity index is 1.21. The molecule has 0 amide bonds. The Morgan fingerprint density at radius 3 is 1.84 bits per heavy atom. The Hall–Kier alpha value is -5.86. The highest BCUT2D eigenvalue weighted by Crippen LogP contribution is 2.42. The second-order valence-electron chi connectivity index (χ2n) is 11.8. The molecule has 0 N–H and O–H groups in total. The van der Waals surface area contributed by atoms with Gasteiger partial charge < -0.3 is 0 Å². The summed E-state index contributed by atoms with van der Waals surface area (Å²) in [5.74, 6) is 0. The molecule has 0 saturated heterocycles. The van der Waals surface area contributed by atoms with Gasteiger partial charge in [-0.05, 0) is 61.0 Å². The van der Waals surface area contributed by atoms with E-state index in [-0.39, 0.29) is 0 Å². The smallest absolute Gasteiger partial charge is 0.0788 e. The zero-order valence-electron chi connectivity index (χ0n) is 23.8. The van der Waals surface area contributed by atoms with Gasteiger partial charge in [-0.3, -0.25) is 4.98 Å². The van der Waals surface area contributed by atoms with E-state index in [1.54, 1.807) is 0 Å². The van der Waals surface area contributed by atoms with Crippen LogP contribution in [-0.2, 0) is 0 Å². The predicted octanol–water partition coefficient (Wildman–Crippen LogP) is 11.3. The summed E-state index contributed by atoms with van der Waals surface area (Å²) in [6.45, 7) is 0. The number of aromatic nitrogens is 2. The zero-order valence-corrected chi connectivity index (χ0v) is 23.8. The molecule has 0 unspecified atom stereocenters. The fourth-order valence-electron chi connectivity index (χ4n) is 7.41. The number of hydrogen-bond acceptors (Lipinski definition) is 2. The van der Waals surface area contributed by atoms with Crippen LogP contribution in [0.15, 0.2) is 146 Å². The summed E-state index contributed by atoms with van der Waals surface area (Å²) in [4.78, 5) is 10.1. The molecule has 0 fully saturated rings. The van der Waals surface area contributed by atoms with Crippen LogP contribution in [0.4, 0.5) is 0 Å². The van der Waals surface area contributed by atoms with Gasteiger partial charge in [0.1, 0.15) is 0 Å². The van der Waals surface area contributed by atoms with Crippen molar-refractivity contribution in [2.45, 2.75) is 0 Å². The number of para-hydroxylation sites is 1. The molecule has 8 aromatic carbocycles. The summed E-state index contributed by atoms with van der Waals surface area (Å²) in [6.07, 6.45) is 1.89. The first-order valence-electron chi connectivity index (χ1n) is 15.1.